The topological polar surface area (TPSA) is 95.9 Å². The van der Waals surface area contributed by atoms with E-state index >= 15 is 0 Å². The predicted molar refractivity (Wildman–Crippen MR) is 421 cm³/mol. The number of hydrogen-bond donors (Lipinski definition) is 3. The van der Waals surface area contributed by atoms with Gasteiger partial charge in [0.2, 0.25) is 5.91 Å². The lowest BCUT2D eigenvalue weighted by atomic mass is 10.0. The molecule has 2 unspecified atom stereocenters. The third-order valence-electron chi connectivity index (χ3n) is 20.7. The van der Waals surface area contributed by atoms with Crippen molar-refractivity contribution < 1.29 is 24.5 Å². The summed E-state index contributed by atoms with van der Waals surface area (Å²) >= 11 is 0. The molecule has 0 bridgehead atoms. The summed E-state index contributed by atoms with van der Waals surface area (Å²) in [5, 5.41) is 23.3. The Balaban J connectivity index is 3.37. The van der Waals surface area contributed by atoms with Gasteiger partial charge < -0.3 is 20.3 Å². The van der Waals surface area contributed by atoms with E-state index in [9.17, 15) is 19.8 Å². The molecule has 0 aromatic rings. The van der Waals surface area contributed by atoms with Gasteiger partial charge in [-0.15, -0.1) is 0 Å². The fourth-order valence-corrected chi connectivity index (χ4v) is 14.0. The number of aliphatic hydroxyl groups is 2. The van der Waals surface area contributed by atoms with Gasteiger partial charge in [0.25, 0.3) is 0 Å². The smallest absolute Gasteiger partial charge is 0.305 e. The van der Waals surface area contributed by atoms with Crippen molar-refractivity contribution in [3.8, 4) is 0 Å². The highest BCUT2D eigenvalue weighted by molar-refractivity contribution is 5.76. The molecule has 0 saturated heterocycles. The summed E-state index contributed by atoms with van der Waals surface area (Å²) in [6.45, 7) is 4.97. The lowest BCUT2D eigenvalue weighted by Crippen LogP contribution is -2.45. The summed E-state index contributed by atoms with van der Waals surface area (Å²) in [5.74, 6) is -0.0359. The van der Waals surface area contributed by atoms with Crippen LogP contribution in [0.25, 0.3) is 0 Å². The van der Waals surface area contributed by atoms with Crippen LogP contribution in [0.2, 0.25) is 0 Å². The second-order valence-electron chi connectivity index (χ2n) is 30.2. The largest absolute Gasteiger partial charge is 0.466 e. The molecule has 0 rings (SSSR count). The van der Waals surface area contributed by atoms with E-state index in [1.807, 2.05) is 6.08 Å². The maximum absolute atomic E-state index is 12.6. The Morgan fingerprint density at radius 1 is 0.295 bits per heavy atom. The van der Waals surface area contributed by atoms with Crippen LogP contribution in [-0.4, -0.2) is 47.4 Å². The number of carbonyl (C=O) groups is 2. The molecule has 0 fully saturated rings. The summed E-state index contributed by atoms with van der Waals surface area (Å²) < 4.78 is 5.52. The highest BCUT2D eigenvalue weighted by Crippen LogP contribution is 2.21. The van der Waals surface area contributed by atoms with Crippen LogP contribution >= 0.6 is 0 Å². The zero-order chi connectivity index (χ0) is 68.4. The molecule has 0 aromatic heterocycles. The molecule has 0 saturated carbocycles. The summed E-state index contributed by atoms with van der Waals surface area (Å²) in [7, 11) is 0. The quantitative estimate of drug-likeness (QED) is 0.0320. The van der Waals surface area contributed by atoms with Gasteiger partial charge in [0.1, 0.15) is 0 Å². The van der Waals surface area contributed by atoms with Crippen LogP contribution in [-0.2, 0) is 14.3 Å². The molecule has 2 atom stereocenters. The average Bonchev–Trinajstić information content (AvgIpc) is 3.31. The normalized spacial score (nSPS) is 12.6. The Morgan fingerprint density at radius 2 is 0.526 bits per heavy atom. The van der Waals surface area contributed by atoms with Crippen LogP contribution in [0.1, 0.15) is 495 Å². The minimum atomic E-state index is -0.844. The molecule has 0 aliphatic carbocycles. The maximum atomic E-state index is 12.6. The van der Waals surface area contributed by atoms with E-state index in [1.54, 1.807) is 6.08 Å². The number of rotatable bonds is 83. The van der Waals surface area contributed by atoms with Gasteiger partial charge in [0, 0.05) is 12.8 Å². The van der Waals surface area contributed by atoms with E-state index in [1.165, 1.54) is 424 Å². The monoisotopic (exact) mass is 1330 g/mol. The van der Waals surface area contributed by atoms with Crippen molar-refractivity contribution in [2.24, 2.45) is 0 Å². The second-order valence-corrected chi connectivity index (χ2v) is 30.2. The minimum absolute atomic E-state index is 0.0240. The van der Waals surface area contributed by atoms with Crippen molar-refractivity contribution in [3.05, 3.63) is 36.5 Å². The van der Waals surface area contributed by atoms with Crippen LogP contribution in [0, 0.1) is 0 Å². The Morgan fingerprint density at radius 3 is 0.800 bits per heavy atom. The van der Waals surface area contributed by atoms with E-state index in [0.29, 0.717) is 19.4 Å². The number of ether oxygens (including phenoxy) is 1. The molecule has 0 radical (unpaired) electrons. The van der Waals surface area contributed by atoms with Crippen molar-refractivity contribution in [2.45, 2.75) is 508 Å². The van der Waals surface area contributed by atoms with Crippen molar-refractivity contribution >= 4 is 11.9 Å². The van der Waals surface area contributed by atoms with E-state index in [4.69, 9.17) is 4.74 Å². The Kier molecular flexibility index (Phi) is 82.8. The second kappa shape index (κ2) is 84.5. The van der Waals surface area contributed by atoms with Gasteiger partial charge in [-0.05, 0) is 64.2 Å². The molecule has 0 spiro atoms. The van der Waals surface area contributed by atoms with Gasteiger partial charge in [-0.3, -0.25) is 9.59 Å². The summed E-state index contributed by atoms with van der Waals surface area (Å²) in [6, 6.07) is -0.628. The fourth-order valence-electron chi connectivity index (χ4n) is 14.0. The van der Waals surface area contributed by atoms with Gasteiger partial charge in [0.05, 0.1) is 25.4 Å². The van der Waals surface area contributed by atoms with Crippen molar-refractivity contribution in [3.63, 3.8) is 0 Å². The Hall–Kier alpha value is -1.92. The first-order valence-electron chi connectivity index (χ1n) is 43.8. The molecule has 95 heavy (non-hydrogen) atoms. The van der Waals surface area contributed by atoms with Crippen LogP contribution in [0.5, 0.6) is 0 Å². The first kappa shape index (κ1) is 93.1. The van der Waals surface area contributed by atoms with Crippen LogP contribution in [0.4, 0.5) is 0 Å². The molecule has 1 amide bonds. The van der Waals surface area contributed by atoms with Crippen LogP contribution < -0.4 is 5.32 Å². The standard InChI is InChI=1S/C89H171NO5/c1-3-5-7-9-11-13-15-17-19-21-23-24-40-43-46-49-53-57-61-65-69-73-77-81-87(92)86(85-91)90-88(93)82-78-74-70-66-62-58-54-50-47-44-41-38-36-34-32-30-28-26-25-27-29-31-33-35-37-39-42-45-48-52-56-60-64-68-72-76-80-84-95-89(94)83-79-75-71-67-63-59-55-51-22-20-18-16-14-12-10-8-6-4-2/h25,27,31,33,77,81,86-87,91-92H,3-24,26,28-30,32,34-76,78-80,82-85H2,1-2H3,(H,90,93)/b27-25-,33-31-,81-77+. The van der Waals surface area contributed by atoms with Crippen molar-refractivity contribution in [1.82, 2.24) is 5.32 Å². The van der Waals surface area contributed by atoms with Gasteiger partial charge in [-0.2, -0.15) is 0 Å². The molecule has 3 N–H and O–H groups in total. The van der Waals surface area contributed by atoms with E-state index in [0.717, 1.165) is 44.9 Å². The molecule has 0 heterocycles. The Bertz CT molecular complexity index is 1540. The molecule has 6 nitrogen and oxygen atoms in total. The number of carbonyl (C=O) groups excluding carboxylic acids is 2. The lowest BCUT2D eigenvalue weighted by Gasteiger charge is -2.20. The van der Waals surface area contributed by atoms with Crippen LogP contribution in [0.15, 0.2) is 36.5 Å². The van der Waals surface area contributed by atoms with E-state index in [2.05, 4.69) is 43.5 Å². The zero-order valence-electron chi connectivity index (χ0n) is 64.7. The van der Waals surface area contributed by atoms with E-state index < -0.39 is 12.1 Å². The van der Waals surface area contributed by atoms with Gasteiger partial charge in [0.15, 0.2) is 0 Å². The molecular weight excluding hydrogens is 1160 g/mol. The van der Waals surface area contributed by atoms with Gasteiger partial charge in [-0.1, -0.05) is 455 Å². The predicted octanol–water partition coefficient (Wildman–Crippen LogP) is 29.3. The Labute approximate surface area is 595 Å². The number of aliphatic hydroxyl groups excluding tert-OH is 2. The maximum Gasteiger partial charge on any atom is 0.305 e. The minimum Gasteiger partial charge on any atom is -0.466 e. The average molecular weight is 1340 g/mol. The number of amides is 1. The first-order valence-corrected chi connectivity index (χ1v) is 43.8. The van der Waals surface area contributed by atoms with Crippen molar-refractivity contribution in [1.29, 1.82) is 0 Å². The highest BCUT2D eigenvalue weighted by atomic mass is 16.5. The lowest BCUT2D eigenvalue weighted by molar-refractivity contribution is -0.143. The van der Waals surface area contributed by atoms with E-state index in [-0.39, 0.29) is 18.5 Å². The molecule has 6 heteroatoms. The third kappa shape index (κ3) is 80.9. The molecule has 0 aromatic carbocycles. The number of unbranched alkanes of at least 4 members (excludes halogenated alkanes) is 68. The van der Waals surface area contributed by atoms with Crippen molar-refractivity contribution in [2.75, 3.05) is 13.2 Å². The SMILES string of the molecule is CCCCCCCCCCCCCCCCCCCCCCC/C=C/C(O)C(CO)NC(=O)CCCCCCCCCCCCCCCCCCC/C=C\C/C=C\CCCCCCCCCCCCCCCOC(=O)CCCCCCCCCCCCCCCCCCCC. The molecule has 0 aliphatic rings. The number of esters is 1. The summed E-state index contributed by atoms with van der Waals surface area (Å²) in [6.07, 6.45) is 112. The third-order valence-corrected chi connectivity index (χ3v) is 20.7. The summed E-state index contributed by atoms with van der Waals surface area (Å²) in [5.41, 5.74) is 0. The molecule has 0 aliphatic heterocycles. The van der Waals surface area contributed by atoms with Gasteiger partial charge in [-0.25, -0.2) is 0 Å². The first-order chi connectivity index (χ1) is 47.0. The summed E-state index contributed by atoms with van der Waals surface area (Å²) in [4.78, 5) is 24.7. The highest BCUT2D eigenvalue weighted by Gasteiger charge is 2.18. The number of hydrogen-bond acceptors (Lipinski definition) is 5. The molecule has 562 valence electrons. The fraction of sp³-hybridized carbons (Fsp3) is 0.910. The van der Waals surface area contributed by atoms with Gasteiger partial charge >= 0.3 is 5.97 Å². The zero-order valence-corrected chi connectivity index (χ0v) is 64.7. The number of allylic oxidation sites excluding steroid dienone is 5. The molecular formula is C89H171NO5. The number of nitrogens with one attached hydrogen (secondary N) is 1. The van der Waals surface area contributed by atoms with Crippen LogP contribution in [0.3, 0.4) is 0 Å².